The number of amides is 2. The van der Waals surface area contributed by atoms with Gasteiger partial charge in [0.1, 0.15) is 13.2 Å². The topological polar surface area (TPSA) is 67.7 Å². The highest BCUT2D eigenvalue weighted by molar-refractivity contribution is 5.83. The molecular weight excluding hydrogens is 356 g/mol. The lowest BCUT2D eigenvalue weighted by Gasteiger charge is -2.33. The van der Waals surface area contributed by atoms with E-state index in [1.54, 1.807) is 11.1 Å². The molecule has 0 saturated carbocycles. The molecule has 144 valence electrons. The summed E-state index contributed by atoms with van der Waals surface area (Å²) >= 11 is 0. The molecule has 2 aromatic heterocycles. The number of rotatable bonds is 5. The number of pyridine rings is 1. The van der Waals surface area contributed by atoms with Crippen LogP contribution in [0, 0.1) is 0 Å². The van der Waals surface area contributed by atoms with Crippen LogP contribution in [0.25, 0.3) is 10.9 Å². The predicted molar refractivity (Wildman–Crippen MR) is 105 cm³/mol. The van der Waals surface area contributed by atoms with Crippen LogP contribution in [0.5, 0.6) is 0 Å². The number of nitrogens with zero attached hydrogens (tertiary/aromatic N) is 4. The van der Waals surface area contributed by atoms with Crippen LogP contribution < -0.4 is 0 Å². The van der Waals surface area contributed by atoms with Gasteiger partial charge >= 0.3 is 6.09 Å². The van der Waals surface area contributed by atoms with E-state index in [1.807, 2.05) is 54.9 Å². The second kappa shape index (κ2) is 8.12. The van der Waals surface area contributed by atoms with Gasteiger partial charge in [0.15, 0.2) is 0 Å². The lowest BCUT2D eigenvalue weighted by molar-refractivity contribution is -0.135. The van der Waals surface area contributed by atoms with Crippen molar-refractivity contribution in [3.8, 4) is 0 Å². The first-order chi connectivity index (χ1) is 13.7. The molecule has 0 unspecified atom stereocenters. The fraction of sp³-hybridized carbons (Fsp3) is 0.286. The van der Waals surface area contributed by atoms with Crippen molar-refractivity contribution in [2.24, 2.45) is 0 Å². The average Bonchev–Trinajstić information content (AvgIpc) is 3.15. The third kappa shape index (κ3) is 3.98. The first kappa shape index (κ1) is 18.0. The van der Waals surface area contributed by atoms with Crippen LogP contribution in [-0.2, 0) is 22.7 Å². The maximum absolute atomic E-state index is 12.5. The molecule has 1 saturated heterocycles. The minimum atomic E-state index is -0.444. The molecule has 3 heterocycles. The number of aromatic nitrogens is 2. The molecule has 0 bridgehead atoms. The Kier molecular flexibility index (Phi) is 5.23. The Hall–Kier alpha value is -3.35. The average molecular weight is 378 g/mol. The Labute approximate surface area is 163 Å². The standard InChI is InChI=1S/C21H22N4O3/c26-20-15-25(21(27)28-16-17-4-2-1-3-5-17)13-12-24(20)11-10-23-9-7-18-14-22-8-6-19(18)23/h1-9,14H,10-13,15-16H2. The lowest BCUT2D eigenvalue weighted by Crippen LogP contribution is -2.52. The zero-order valence-electron chi connectivity index (χ0n) is 15.5. The number of carbonyl (C=O) groups excluding carboxylic acids is 2. The fourth-order valence-electron chi connectivity index (χ4n) is 3.37. The van der Waals surface area contributed by atoms with Crippen LogP contribution >= 0.6 is 0 Å². The van der Waals surface area contributed by atoms with Gasteiger partial charge < -0.3 is 14.2 Å². The highest BCUT2D eigenvalue weighted by atomic mass is 16.6. The summed E-state index contributed by atoms with van der Waals surface area (Å²) < 4.78 is 7.44. The molecule has 4 rings (SSSR count). The molecule has 7 heteroatoms. The largest absolute Gasteiger partial charge is 0.445 e. The van der Waals surface area contributed by atoms with Crippen LogP contribution in [-0.4, -0.2) is 57.5 Å². The maximum atomic E-state index is 12.5. The molecule has 1 aliphatic rings. The third-order valence-corrected chi connectivity index (χ3v) is 4.96. The highest BCUT2D eigenvalue weighted by Crippen LogP contribution is 2.14. The van der Waals surface area contributed by atoms with E-state index in [0.29, 0.717) is 26.2 Å². The number of hydrogen-bond acceptors (Lipinski definition) is 4. The molecule has 7 nitrogen and oxygen atoms in total. The van der Waals surface area contributed by atoms with Crippen molar-refractivity contribution in [2.45, 2.75) is 13.2 Å². The van der Waals surface area contributed by atoms with E-state index in [-0.39, 0.29) is 19.1 Å². The number of fused-ring (bicyclic) bond motifs is 1. The number of ether oxygens (including phenoxy) is 1. The molecule has 0 atom stereocenters. The van der Waals surface area contributed by atoms with Crippen LogP contribution in [0.4, 0.5) is 4.79 Å². The second-order valence-corrected chi connectivity index (χ2v) is 6.79. The normalized spacial score (nSPS) is 14.5. The van der Waals surface area contributed by atoms with E-state index < -0.39 is 6.09 Å². The first-order valence-electron chi connectivity index (χ1n) is 9.33. The van der Waals surface area contributed by atoms with E-state index in [0.717, 1.165) is 16.5 Å². The zero-order valence-corrected chi connectivity index (χ0v) is 15.5. The molecular formula is C21H22N4O3. The van der Waals surface area contributed by atoms with Crippen molar-refractivity contribution in [1.29, 1.82) is 0 Å². The molecule has 1 aliphatic heterocycles. The smallest absolute Gasteiger partial charge is 0.410 e. The van der Waals surface area contributed by atoms with E-state index in [1.165, 1.54) is 4.90 Å². The highest BCUT2D eigenvalue weighted by Gasteiger charge is 2.27. The van der Waals surface area contributed by atoms with E-state index in [9.17, 15) is 9.59 Å². The number of piperazine rings is 1. The summed E-state index contributed by atoms with van der Waals surface area (Å²) in [5.41, 5.74) is 2.03. The van der Waals surface area contributed by atoms with E-state index in [4.69, 9.17) is 4.74 Å². The molecule has 1 aromatic carbocycles. The van der Waals surface area contributed by atoms with Crippen LogP contribution in [0.3, 0.4) is 0 Å². The Morgan fingerprint density at radius 3 is 2.75 bits per heavy atom. The predicted octanol–water partition coefficient (Wildman–Crippen LogP) is 2.52. The van der Waals surface area contributed by atoms with Gasteiger partial charge in [-0.1, -0.05) is 30.3 Å². The Balaban J connectivity index is 1.28. The van der Waals surface area contributed by atoms with Gasteiger partial charge in [-0.3, -0.25) is 14.7 Å². The molecule has 28 heavy (non-hydrogen) atoms. The summed E-state index contributed by atoms with van der Waals surface area (Å²) in [6.07, 6.45) is 5.16. The van der Waals surface area contributed by atoms with Gasteiger partial charge in [0.05, 0.1) is 5.52 Å². The Bertz CT molecular complexity index is 970. The van der Waals surface area contributed by atoms with Crippen molar-refractivity contribution in [3.63, 3.8) is 0 Å². The van der Waals surface area contributed by atoms with Crippen molar-refractivity contribution in [3.05, 3.63) is 66.6 Å². The number of hydrogen-bond donors (Lipinski definition) is 0. The van der Waals surface area contributed by atoms with Crippen molar-refractivity contribution in [1.82, 2.24) is 19.4 Å². The lowest BCUT2D eigenvalue weighted by atomic mass is 10.2. The molecule has 0 radical (unpaired) electrons. The summed E-state index contributed by atoms with van der Waals surface area (Å²) in [4.78, 5) is 32.1. The zero-order chi connectivity index (χ0) is 19.3. The molecule has 0 aliphatic carbocycles. The summed E-state index contributed by atoms with van der Waals surface area (Å²) in [5.74, 6) is -0.0546. The molecule has 3 aromatic rings. The minimum Gasteiger partial charge on any atom is -0.445 e. The van der Waals surface area contributed by atoms with Crippen molar-refractivity contribution in [2.75, 3.05) is 26.2 Å². The van der Waals surface area contributed by atoms with Crippen LogP contribution in [0.2, 0.25) is 0 Å². The SMILES string of the molecule is O=C1CN(C(=O)OCc2ccccc2)CCN1CCn1ccc2cnccc21. The summed E-state index contributed by atoms with van der Waals surface area (Å²) in [5, 5.41) is 1.08. The van der Waals surface area contributed by atoms with Gasteiger partial charge in [0.25, 0.3) is 0 Å². The van der Waals surface area contributed by atoms with Crippen LogP contribution in [0.1, 0.15) is 5.56 Å². The first-order valence-corrected chi connectivity index (χ1v) is 9.33. The van der Waals surface area contributed by atoms with Crippen molar-refractivity contribution >= 4 is 22.9 Å². The van der Waals surface area contributed by atoms with Gasteiger partial charge in [0, 0.05) is 50.2 Å². The van der Waals surface area contributed by atoms with E-state index >= 15 is 0 Å². The fourth-order valence-corrected chi connectivity index (χ4v) is 3.37. The quantitative estimate of drug-likeness (QED) is 0.684. The van der Waals surface area contributed by atoms with Gasteiger partial charge in [-0.25, -0.2) is 4.79 Å². The minimum absolute atomic E-state index is 0.0546. The van der Waals surface area contributed by atoms with Crippen LogP contribution in [0.15, 0.2) is 61.1 Å². The number of benzene rings is 1. The summed E-state index contributed by atoms with van der Waals surface area (Å²) in [6.45, 7) is 2.58. The van der Waals surface area contributed by atoms with Gasteiger partial charge in [-0.2, -0.15) is 0 Å². The molecule has 0 spiro atoms. The maximum Gasteiger partial charge on any atom is 0.410 e. The molecule has 1 fully saturated rings. The van der Waals surface area contributed by atoms with E-state index in [2.05, 4.69) is 9.55 Å². The Morgan fingerprint density at radius 2 is 1.93 bits per heavy atom. The molecule has 0 N–H and O–H groups in total. The molecule has 2 amide bonds. The van der Waals surface area contributed by atoms with Gasteiger partial charge in [-0.05, 0) is 17.7 Å². The number of carbonyl (C=O) groups is 2. The van der Waals surface area contributed by atoms with Gasteiger partial charge in [0.2, 0.25) is 5.91 Å². The summed E-state index contributed by atoms with van der Waals surface area (Å²) in [7, 11) is 0. The van der Waals surface area contributed by atoms with Crippen molar-refractivity contribution < 1.29 is 14.3 Å². The Morgan fingerprint density at radius 1 is 1.07 bits per heavy atom. The van der Waals surface area contributed by atoms with Gasteiger partial charge in [-0.15, -0.1) is 0 Å². The third-order valence-electron chi connectivity index (χ3n) is 4.96. The second-order valence-electron chi connectivity index (χ2n) is 6.79. The summed E-state index contributed by atoms with van der Waals surface area (Å²) in [6, 6.07) is 13.5. The monoisotopic (exact) mass is 378 g/mol.